The van der Waals surface area contributed by atoms with E-state index in [0.29, 0.717) is 19.5 Å². The molecule has 0 bridgehead atoms. The topological polar surface area (TPSA) is 52.6 Å². The minimum Gasteiger partial charge on any atom is -0.396 e. The fourth-order valence-electron chi connectivity index (χ4n) is 2.01. The molecular weight excluding hydrogens is 192 g/mol. The van der Waals surface area contributed by atoms with Crippen molar-refractivity contribution in [3.05, 3.63) is 12.7 Å². The molecule has 1 heterocycles. The molecule has 2 N–H and O–H groups in total. The minimum absolute atomic E-state index is 0.00484. The Bertz CT molecular complexity index is 251. The van der Waals surface area contributed by atoms with Crippen molar-refractivity contribution in [2.45, 2.75) is 31.8 Å². The van der Waals surface area contributed by atoms with Crippen molar-refractivity contribution in [3.63, 3.8) is 0 Å². The molecule has 0 aromatic heterocycles. The van der Waals surface area contributed by atoms with Crippen LogP contribution >= 0.6 is 0 Å². The molecule has 1 unspecified atom stereocenters. The zero-order chi connectivity index (χ0) is 11.5. The van der Waals surface area contributed by atoms with Gasteiger partial charge in [0.05, 0.1) is 6.04 Å². The van der Waals surface area contributed by atoms with E-state index in [2.05, 4.69) is 30.6 Å². The van der Waals surface area contributed by atoms with Gasteiger partial charge in [-0.05, 0) is 20.3 Å². The van der Waals surface area contributed by atoms with Crippen LogP contribution in [0.2, 0.25) is 0 Å². The van der Waals surface area contributed by atoms with Gasteiger partial charge in [-0.25, -0.2) is 0 Å². The van der Waals surface area contributed by atoms with Crippen LogP contribution in [-0.4, -0.2) is 47.2 Å². The SMILES string of the molecule is C=CCN1C(CCO)C(=O)NCC1(C)C. The molecule has 1 saturated heterocycles. The molecule has 0 aliphatic carbocycles. The Labute approximate surface area is 91.0 Å². The summed E-state index contributed by atoms with van der Waals surface area (Å²) in [6, 6.07) is -0.239. The van der Waals surface area contributed by atoms with Crippen LogP contribution in [0, 0.1) is 0 Å². The Morgan fingerprint density at radius 3 is 2.93 bits per heavy atom. The third kappa shape index (κ3) is 2.58. The molecule has 1 rings (SSSR count). The summed E-state index contributed by atoms with van der Waals surface area (Å²) >= 11 is 0. The fourth-order valence-corrected chi connectivity index (χ4v) is 2.01. The Morgan fingerprint density at radius 2 is 2.40 bits per heavy atom. The highest BCUT2D eigenvalue weighted by atomic mass is 16.3. The van der Waals surface area contributed by atoms with Crippen LogP contribution in [0.15, 0.2) is 12.7 Å². The summed E-state index contributed by atoms with van der Waals surface area (Å²) in [5.74, 6) is 0.00484. The zero-order valence-corrected chi connectivity index (χ0v) is 9.49. The fraction of sp³-hybridized carbons (Fsp3) is 0.727. The highest BCUT2D eigenvalue weighted by Crippen LogP contribution is 2.22. The van der Waals surface area contributed by atoms with Crippen molar-refractivity contribution in [3.8, 4) is 0 Å². The van der Waals surface area contributed by atoms with Gasteiger partial charge < -0.3 is 10.4 Å². The molecule has 86 valence electrons. The van der Waals surface area contributed by atoms with Gasteiger partial charge in [0.15, 0.2) is 0 Å². The van der Waals surface area contributed by atoms with E-state index < -0.39 is 0 Å². The summed E-state index contributed by atoms with van der Waals surface area (Å²) in [6.07, 6.45) is 2.27. The number of hydrogen-bond acceptors (Lipinski definition) is 3. The van der Waals surface area contributed by atoms with Crippen molar-refractivity contribution in [2.75, 3.05) is 19.7 Å². The quantitative estimate of drug-likeness (QED) is 0.651. The Hall–Kier alpha value is -0.870. The number of piperazine rings is 1. The van der Waals surface area contributed by atoms with Gasteiger partial charge in [-0.3, -0.25) is 9.69 Å². The van der Waals surface area contributed by atoms with Crippen LogP contribution in [0.4, 0.5) is 0 Å². The number of rotatable bonds is 4. The zero-order valence-electron chi connectivity index (χ0n) is 9.49. The summed E-state index contributed by atoms with van der Waals surface area (Å²) in [4.78, 5) is 13.8. The average molecular weight is 212 g/mol. The molecular formula is C11H20N2O2. The molecule has 1 aliphatic rings. The number of nitrogens with zero attached hydrogens (tertiary/aromatic N) is 1. The Balaban J connectivity index is 2.84. The molecule has 1 aliphatic heterocycles. The number of aliphatic hydroxyl groups is 1. The summed E-state index contributed by atoms with van der Waals surface area (Å²) in [5.41, 5.74) is -0.0814. The molecule has 15 heavy (non-hydrogen) atoms. The number of carbonyl (C=O) groups excluding carboxylic acids is 1. The lowest BCUT2D eigenvalue weighted by atomic mass is 9.94. The lowest BCUT2D eigenvalue weighted by Gasteiger charge is -2.46. The van der Waals surface area contributed by atoms with Crippen LogP contribution < -0.4 is 5.32 Å². The lowest BCUT2D eigenvalue weighted by molar-refractivity contribution is -0.134. The maximum atomic E-state index is 11.7. The highest BCUT2D eigenvalue weighted by Gasteiger charge is 2.39. The molecule has 0 radical (unpaired) electrons. The third-order valence-corrected chi connectivity index (χ3v) is 2.88. The van der Waals surface area contributed by atoms with E-state index in [1.54, 1.807) is 6.08 Å². The maximum absolute atomic E-state index is 11.7. The molecule has 4 nitrogen and oxygen atoms in total. The third-order valence-electron chi connectivity index (χ3n) is 2.88. The first kappa shape index (κ1) is 12.2. The summed E-state index contributed by atoms with van der Waals surface area (Å²) in [6.45, 7) is 9.21. The molecule has 4 heteroatoms. The molecule has 0 saturated carbocycles. The Kier molecular flexibility index (Phi) is 3.88. The predicted octanol–water partition coefficient (Wildman–Crippen LogP) is 0.134. The van der Waals surface area contributed by atoms with Gasteiger partial charge in [0.2, 0.25) is 5.91 Å². The molecule has 0 spiro atoms. The normalized spacial score (nSPS) is 26.1. The van der Waals surface area contributed by atoms with E-state index in [9.17, 15) is 4.79 Å². The standard InChI is InChI=1S/C11H20N2O2/c1-4-6-13-9(5-7-14)10(15)12-8-11(13,2)3/h4,9,14H,1,5-8H2,2-3H3,(H,12,15). The van der Waals surface area contributed by atoms with Gasteiger partial charge in [0.1, 0.15) is 0 Å². The maximum Gasteiger partial charge on any atom is 0.237 e. The first-order chi connectivity index (χ1) is 7.03. The van der Waals surface area contributed by atoms with Crippen LogP contribution in [0.3, 0.4) is 0 Å². The van der Waals surface area contributed by atoms with E-state index in [4.69, 9.17) is 5.11 Å². The number of amides is 1. The van der Waals surface area contributed by atoms with E-state index in [-0.39, 0.29) is 24.1 Å². The first-order valence-corrected chi connectivity index (χ1v) is 5.29. The molecule has 1 atom stereocenters. The van der Waals surface area contributed by atoms with Crippen molar-refractivity contribution in [1.29, 1.82) is 0 Å². The van der Waals surface area contributed by atoms with Gasteiger partial charge in [-0.15, -0.1) is 6.58 Å². The smallest absolute Gasteiger partial charge is 0.237 e. The molecule has 1 amide bonds. The second kappa shape index (κ2) is 4.77. The second-order valence-corrected chi connectivity index (χ2v) is 4.50. The van der Waals surface area contributed by atoms with Crippen LogP contribution in [0.5, 0.6) is 0 Å². The van der Waals surface area contributed by atoms with Crippen molar-refractivity contribution in [1.82, 2.24) is 10.2 Å². The van der Waals surface area contributed by atoms with E-state index in [1.807, 2.05) is 0 Å². The second-order valence-electron chi connectivity index (χ2n) is 4.50. The average Bonchev–Trinajstić information content (AvgIpc) is 2.18. The first-order valence-electron chi connectivity index (χ1n) is 5.29. The van der Waals surface area contributed by atoms with Gasteiger partial charge in [0, 0.05) is 25.2 Å². The molecule has 0 aromatic rings. The van der Waals surface area contributed by atoms with E-state index in [1.165, 1.54) is 0 Å². The van der Waals surface area contributed by atoms with Gasteiger partial charge in [0.25, 0.3) is 0 Å². The minimum atomic E-state index is -0.239. The monoisotopic (exact) mass is 212 g/mol. The summed E-state index contributed by atoms with van der Waals surface area (Å²) in [5, 5.41) is 11.8. The Morgan fingerprint density at radius 1 is 1.73 bits per heavy atom. The van der Waals surface area contributed by atoms with Crippen LogP contribution in [0.1, 0.15) is 20.3 Å². The highest BCUT2D eigenvalue weighted by molar-refractivity contribution is 5.82. The molecule has 1 fully saturated rings. The van der Waals surface area contributed by atoms with Crippen molar-refractivity contribution in [2.24, 2.45) is 0 Å². The molecule has 0 aromatic carbocycles. The van der Waals surface area contributed by atoms with Crippen LogP contribution in [0.25, 0.3) is 0 Å². The number of nitrogens with one attached hydrogen (secondary N) is 1. The summed E-state index contributed by atoms with van der Waals surface area (Å²) in [7, 11) is 0. The lowest BCUT2D eigenvalue weighted by Crippen LogP contribution is -2.65. The van der Waals surface area contributed by atoms with Gasteiger partial charge >= 0.3 is 0 Å². The van der Waals surface area contributed by atoms with E-state index in [0.717, 1.165) is 0 Å². The van der Waals surface area contributed by atoms with Crippen LogP contribution in [-0.2, 0) is 4.79 Å². The summed E-state index contributed by atoms with van der Waals surface area (Å²) < 4.78 is 0. The van der Waals surface area contributed by atoms with E-state index >= 15 is 0 Å². The van der Waals surface area contributed by atoms with Crippen molar-refractivity contribution < 1.29 is 9.90 Å². The number of carbonyl (C=O) groups is 1. The van der Waals surface area contributed by atoms with Crippen molar-refractivity contribution >= 4 is 5.91 Å². The number of hydrogen-bond donors (Lipinski definition) is 2. The largest absolute Gasteiger partial charge is 0.396 e. The van der Waals surface area contributed by atoms with Gasteiger partial charge in [-0.1, -0.05) is 6.08 Å². The predicted molar refractivity (Wildman–Crippen MR) is 59.5 cm³/mol. The number of aliphatic hydroxyl groups excluding tert-OH is 1. The van der Waals surface area contributed by atoms with Gasteiger partial charge in [-0.2, -0.15) is 0 Å².